The highest BCUT2D eigenvalue weighted by atomic mass is 32.1. The zero-order chi connectivity index (χ0) is 20.8. The van der Waals surface area contributed by atoms with Crippen molar-refractivity contribution in [2.45, 2.75) is 6.04 Å². The summed E-state index contributed by atoms with van der Waals surface area (Å²) in [6.07, 6.45) is 0. The number of carbonyl (C=O) groups is 2. The van der Waals surface area contributed by atoms with Crippen LogP contribution in [0.4, 0.5) is 10.1 Å². The largest absolute Gasteiger partial charge is 0.507 e. The second kappa shape index (κ2) is 7.00. The van der Waals surface area contributed by atoms with Crippen LogP contribution in [-0.4, -0.2) is 23.6 Å². The number of ketones is 1. The molecule has 1 aromatic heterocycles. The molecule has 2 aliphatic heterocycles. The minimum Gasteiger partial charge on any atom is -0.507 e. The number of hydrogen-bond donors (Lipinski definition) is 1. The number of aliphatic hydroxyl groups excluding tert-OH is 1. The summed E-state index contributed by atoms with van der Waals surface area (Å²) < 4.78 is 24.0. The first-order valence-electron chi connectivity index (χ1n) is 9.04. The Hall–Kier alpha value is -3.65. The molecule has 1 atom stereocenters. The number of anilines is 1. The molecule has 0 aliphatic carbocycles. The molecule has 6 nitrogen and oxygen atoms in total. The van der Waals surface area contributed by atoms with Crippen molar-refractivity contribution in [3.8, 4) is 11.5 Å². The van der Waals surface area contributed by atoms with Gasteiger partial charge in [0, 0.05) is 22.2 Å². The number of carbonyl (C=O) groups excluding carboxylic acids is 2. The fraction of sp³-hybridized carbons (Fsp3) is 0.0909. The summed E-state index contributed by atoms with van der Waals surface area (Å²) in [5.41, 5.74) is 0.645. The lowest BCUT2D eigenvalue weighted by molar-refractivity contribution is -0.132. The first kappa shape index (κ1) is 18.4. The second-order valence-electron chi connectivity index (χ2n) is 6.73. The average molecular weight is 423 g/mol. The van der Waals surface area contributed by atoms with Crippen LogP contribution in [0, 0.1) is 5.82 Å². The number of halogens is 1. The van der Waals surface area contributed by atoms with E-state index in [-0.39, 0.29) is 23.7 Å². The van der Waals surface area contributed by atoms with Crippen LogP contribution >= 0.6 is 11.3 Å². The number of ether oxygens (including phenoxy) is 2. The van der Waals surface area contributed by atoms with E-state index in [9.17, 15) is 19.1 Å². The maximum Gasteiger partial charge on any atom is 0.300 e. The second-order valence-corrected chi connectivity index (χ2v) is 7.71. The van der Waals surface area contributed by atoms with E-state index < -0.39 is 23.5 Å². The van der Waals surface area contributed by atoms with Gasteiger partial charge in [-0.15, -0.1) is 11.3 Å². The fourth-order valence-corrected chi connectivity index (χ4v) is 4.44. The van der Waals surface area contributed by atoms with Gasteiger partial charge in [0.25, 0.3) is 11.7 Å². The molecule has 5 rings (SSSR count). The molecule has 3 heterocycles. The van der Waals surface area contributed by atoms with Gasteiger partial charge in [-0.25, -0.2) is 4.39 Å². The molecule has 2 aromatic carbocycles. The molecule has 0 spiro atoms. The van der Waals surface area contributed by atoms with Gasteiger partial charge in [-0.05, 0) is 47.8 Å². The number of rotatable bonds is 3. The fourth-order valence-electron chi connectivity index (χ4n) is 3.61. The molecule has 30 heavy (non-hydrogen) atoms. The Kier molecular flexibility index (Phi) is 4.29. The van der Waals surface area contributed by atoms with E-state index in [0.717, 1.165) is 0 Å². The number of aliphatic hydroxyl groups is 1. The van der Waals surface area contributed by atoms with Crippen molar-refractivity contribution in [3.63, 3.8) is 0 Å². The van der Waals surface area contributed by atoms with E-state index in [2.05, 4.69) is 0 Å². The van der Waals surface area contributed by atoms with E-state index >= 15 is 0 Å². The van der Waals surface area contributed by atoms with Crippen LogP contribution in [0.25, 0.3) is 5.76 Å². The van der Waals surface area contributed by atoms with Crippen LogP contribution in [-0.2, 0) is 9.59 Å². The normalized spacial score (nSPS) is 19.5. The molecule has 150 valence electrons. The monoisotopic (exact) mass is 423 g/mol. The third-order valence-electron chi connectivity index (χ3n) is 5.01. The molecule has 2 aliphatic rings. The van der Waals surface area contributed by atoms with Crippen LogP contribution in [0.2, 0.25) is 0 Å². The van der Waals surface area contributed by atoms with Gasteiger partial charge in [-0.3, -0.25) is 14.5 Å². The van der Waals surface area contributed by atoms with Crippen LogP contribution < -0.4 is 14.4 Å². The molecule has 0 saturated carbocycles. The lowest BCUT2D eigenvalue weighted by Gasteiger charge is -2.24. The Morgan fingerprint density at radius 3 is 2.57 bits per heavy atom. The summed E-state index contributed by atoms with van der Waals surface area (Å²) in [4.78, 5) is 28.0. The van der Waals surface area contributed by atoms with Crippen LogP contribution in [0.3, 0.4) is 0 Å². The highest BCUT2D eigenvalue weighted by Crippen LogP contribution is 2.45. The number of Topliss-reactive ketones (excluding diaryl/α,β-unsaturated/α-hetero) is 1. The number of fused-ring (bicyclic) bond motifs is 1. The van der Waals surface area contributed by atoms with Crippen LogP contribution in [0.15, 0.2) is 65.6 Å². The Morgan fingerprint density at radius 2 is 1.83 bits per heavy atom. The maximum absolute atomic E-state index is 13.3. The summed E-state index contributed by atoms with van der Waals surface area (Å²) in [6, 6.07) is 12.8. The van der Waals surface area contributed by atoms with Gasteiger partial charge in [-0.2, -0.15) is 0 Å². The predicted molar refractivity (Wildman–Crippen MR) is 108 cm³/mol. The summed E-state index contributed by atoms with van der Waals surface area (Å²) in [5, 5.41) is 12.7. The van der Waals surface area contributed by atoms with Gasteiger partial charge in [0.15, 0.2) is 11.5 Å². The molecule has 0 radical (unpaired) electrons. The Bertz CT molecular complexity index is 1190. The van der Waals surface area contributed by atoms with E-state index in [1.165, 1.54) is 40.5 Å². The molecular weight excluding hydrogens is 409 g/mol. The van der Waals surface area contributed by atoms with Gasteiger partial charge in [0.1, 0.15) is 17.6 Å². The lowest BCUT2D eigenvalue weighted by Crippen LogP contribution is -2.29. The third kappa shape index (κ3) is 2.84. The standard InChI is InChI=1S/C22H14FNO5S/c23-13-5-3-12(4-6-13)20(25)18-19(17-2-1-9-30-17)24(22(27)21(18)26)14-7-8-15-16(10-14)29-11-28-15/h1-10,19,25H,11H2/b20-18-. The van der Waals surface area contributed by atoms with Crippen molar-refractivity contribution in [2.24, 2.45) is 0 Å². The van der Waals surface area contributed by atoms with Crippen molar-refractivity contribution in [1.29, 1.82) is 0 Å². The third-order valence-corrected chi connectivity index (χ3v) is 5.93. The predicted octanol–water partition coefficient (Wildman–Crippen LogP) is 4.24. The molecule has 1 amide bonds. The van der Waals surface area contributed by atoms with Gasteiger partial charge < -0.3 is 14.6 Å². The number of hydrogen-bond acceptors (Lipinski definition) is 6. The SMILES string of the molecule is O=C1C(=O)N(c2ccc3c(c2)OCO3)C(c2cccs2)/C1=C(/O)c1ccc(F)cc1. The first-order valence-corrected chi connectivity index (χ1v) is 9.92. The van der Waals surface area contributed by atoms with Crippen molar-refractivity contribution in [2.75, 3.05) is 11.7 Å². The molecule has 3 aromatic rings. The summed E-state index contributed by atoms with van der Waals surface area (Å²) in [6.45, 7) is 0.0799. The number of benzene rings is 2. The number of amides is 1. The highest BCUT2D eigenvalue weighted by Gasteiger charge is 2.47. The van der Waals surface area contributed by atoms with E-state index in [1.54, 1.807) is 30.3 Å². The zero-order valence-electron chi connectivity index (χ0n) is 15.4. The minimum atomic E-state index is -0.824. The van der Waals surface area contributed by atoms with Crippen LogP contribution in [0.1, 0.15) is 16.5 Å². The molecule has 1 saturated heterocycles. The van der Waals surface area contributed by atoms with E-state index in [4.69, 9.17) is 9.47 Å². The molecular formula is C22H14FNO5S. The molecule has 1 N–H and O–H groups in total. The molecule has 1 fully saturated rings. The summed E-state index contributed by atoms with van der Waals surface area (Å²) >= 11 is 1.36. The smallest absolute Gasteiger partial charge is 0.300 e. The van der Waals surface area contributed by atoms with Gasteiger partial charge in [0.05, 0.1) is 5.57 Å². The number of nitrogens with zero attached hydrogens (tertiary/aromatic N) is 1. The van der Waals surface area contributed by atoms with Crippen molar-refractivity contribution in [3.05, 3.63) is 81.8 Å². The zero-order valence-corrected chi connectivity index (χ0v) is 16.2. The lowest BCUT2D eigenvalue weighted by atomic mass is 9.99. The Balaban J connectivity index is 1.68. The summed E-state index contributed by atoms with van der Waals surface area (Å²) in [7, 11) is 0. The highest BCUT2D eigenvalue weighted by molar-refractivity contribution is 7.10. The van der Waals surface area contributed by atoms with Gasteiger partial charge in [-0.1, -0.05) is 6.07 Å². The number of thiophene rings is 1. The van der Waals surface area contributed by atoms with Crippen molar-refractivity contribution >= 4 is 34.5 Å². The quantitative estimate of drug-likeness (QED) is 0.387. The van der Waals surface area contributed by atoms with Gasteiger partial charge >= 0.3 is 0 Å². The summed E-state index contributed by atoms with van der Waals surface area (Å²) in [5.74, 6) is -1.38. The van der Waals surface area contributed by atoms with E-state index in [0.29, 0.717) is 22.1 Å². The Morgan fingerprint density at radius 1 is 1.07 bits per heavy atom. The topological polar surface area (TPSA) is 76.1 Å². The maximum atomic E-state index is 13.3. The van der Waals surface area contributed by atoms with Crippen molar-refractivity contribution in [1.82, 2.24) is 0 Å². The molecule has 8 heteroatoms. The average Bonchev–Trinajstić information content (AvgIpc) is 3.48. The Labute approximate surface area is 174 Å². The van der Waals surface area contributed by atoms with E-state index in [1.807, 2.05) is 5.38 Å². The minimum absolute atomic E-state index is 0.0493. The molecule has 0 bridgehead atoms. The van der Waals surface area contributed by atoms with Crippen molar-refractivity contribution < 1.29 is 28.6 Å². The first-order chi connectivity index (χ1) is 14.5. The van der Waals surface area contributed by atoms with Crippen LogP contribution in [0.5, 0.6) is 11.5 Å². The molecule has 1 unspecified atom stereocenters. The van der Waals surface area contributed by atoms with Gasteiger partial charge in [0.2, 0.25) is 6.79 Å².